The van der Waals surface area contributed by atoms with Crippen LogP contribution in [0.5, 0.6) is 0 Å². The summed E-state index contributed by atoms with van der Waals surface area (Å²) in [6, 6.07) is 6.28. The number of aliphatic hydroxyl groups is 1. The van der Waals surface area contributed by atoms with Gasteiger partial charge in [0.2, 0.25) is 0 Å². The SMILES string of the molecule is CC(NCC(O)c1ccc([N+](=O)[O-])cc1)C1CCOC1. The molecule has 20 heavy (non-hydrogen) atoms. The Hall–Kier alpha value is -1.50. The van der Waals surface area contributed by atoms with Gasteiger partial charge in [-0.1, -0.05) is 0 Å². The van der Waals surface area contributed by atoms with Gasteiger partial charge in [-0.15, -0.1) is 0 Å². The number of nitrogens with one attached hydrogen (secondary N) is 1. The molecule has 0 amide bonds. The van der Waals surface area contributed by atoms with E-state index in [0.29, 0.717) is 18.0 Å². The summed E-state index contributed by atoms with van der Waals surface area (Å²) >= 11 is 0. The van der Waals surface area contributed by atoms with Crippen molar-refractivity contribution >= 4 is 5.69 Å². The zero-order valence-corrected chi connectivity index (χ0v) is 11.5. The van der Waals surface area contributed by atoms with Crippen LogP contribution in [0.3, 0.4) is 0 Å². The second-order valence-corrected chi connectivity index (χ2v) is 5.19. The largest absolute Gasteiger partial charge is 0.387 e. The molecular weight excluding hydrogens is 260 g/mol. The first-order chi connectivity index (χ1) is 9.58. The van der Waals surface area contributed by atoms with E-state index in [1.165, 1.54) is 12.1 Å². The lowest BCUT2D eigenvalue weighted by Gasteiger charge is -2.21. The molecule has 0 radical (unpaired) electrons. The van der Waals surface area contributed by atoms with Crippen molar-refractivity contribution in [3.63, 3.8) is 0 Å². The smallest absolute Gasteiger partial charge is 0.269 e. The van der Waals surface area contributed by atoms with Crippen LogP contribution in [-0.2, 0) is 4.74 Å². The molecule has 1 aromatic rings. The van der Waals surface area contributed by atoms with Crippen LogP contribution in [0.15, 0.2) is 24.3 Å². The Kier molecular flexibility index (Phi) is 5.05. The van der Waals surface area contributed by atoms with Crippen molar-refractivity contribution in [3.8, 4) is 0 Å². The van der Waals surface area contributed by atoms with Gasteiger partial charge in [0, 0.05) is 31.3 Å². The summed E-state index contributed by atoms with van der Waals surface area (Å²) < 4.78 is 5.34. The molecule has 2 rings (SSSR count). The van der Waals surface area contributed by atoms with Crippen LogP contribution < -0.4 is 5.32 Å². The second kappa shape index (κ2) is 6.78. The fourth-order valence-electron chi connectivity index (χ4n) is 2.35. The monoisotopic (exact) mass is 280 g/mol. The van der Waals surface area contributed by atoms with E-state index in [1.807, 2.05) is 0 Å². The van der Waals surface area contributed by atoms with Crippen molar-refractivity contribution < 1.29 is 14.8 Å². The average molecular weight is 280 g/mol. The number of aliphatic hydroxyl groups excluding tert-OH is 1. The summed E-state index contributed by atoms with van der Waals surface area (Å²) in [4.78, 5) is 10.1. The Bertz CT molecular complexity index is 443. The van der Waals surface area contributed by atoms with Gasteiger partial charge >= 0.3 is 0 Å². The molecule has 0 saturated carbocycles. The Balaban J connectivity index is 1.84. The van der Waals surface area contributed by atoms with E-state index >= 15 is 0 Å². The number of hydrogen-bond donors (Lipinski definition) is 2. The number of benzene rings is 1. The summed E-state index contributed by atoms with van der Waals surface area (Å²) in [5.41, 5.74) is 0.711. The predicted octanol–water partition coefficient (Wildman–Crippen LogP) is 1.64. The zero-order chi connectivity index (χ0) is 14.5. The van der Waals surface area contributed by atoms with Crippen molar-refractivity contribution in [1.82, 2.24) is 5.32 Å². The van der Waals surface area contributed by atoms with E-state index in [-0.39, 0.29) is 11.7 Å². The van der Waals surface area contributed by atoms with Crippen molar-refractivity contribution in [2.45, 2.75) is 25.5 Å². The van der Waals surface area contributed by atoms with E-state index in [4.69, 9.17) is 4.74 Å². The highest BCUT2D eigenvalue weighted by Crippen LogP contribution is 2.19. The minimum Gasteiger partial charge on any atom is -0.387 e. The van der Waals surface area contributed by atoms with Gasteiger partial charge in [-0.25, -0.2) is 0 Å². The molecule has 1 saturated heterocycles. The highest BCUT2D eigenvalue weighted by molar-refractivity contribution is 5.33. The van der Waals surface area contributed by atoms with Crippen LogP contribution in [0.2, 0.25) is 0 Å². The first-order valence-corrected chi connectivity index (χ1v) is 6.81. The molecular formula is C14H20N2O4. The van der Waals surface area contributed by atoms with E-state index in [1.54, 1.807) is 12.1 Å². The minimum atomic E-state index is -0.666. The highest BCUT2D eigenvalue weighted by atomic mass is 16.6. The Morgan fingerprint density at radius 2 is 2.20 bits per heavy atom. The van der Waals surface area contributed by atoms with Gasteiger partial charge in [0.1, 0.15) is 0 Å². The number of nitro groups is 1. The molecule has 110 valence electrons. The number of ether oxygens (including phenoxy) is 1. The lowest BCUT2D eigenvalue weighted by atomic mass is 10.00. The van der Waals surface area contributed by atoms with Gasteiger partial charge in [0.05, 0.1) is 17.6 Å². The summed E-state index contributed by atoms with van der Waals surface area (Å²) in [5, 5.41) is 23.9. The third-order valence-corrected chi connectivity index (χ3v) is 3.79. The molecule has 2 N–H and O–H groups in total. The molecule has 0 aromatic heterocycles. The first-order valence-electron chi connectivity index (χ1n) is 6.81. The van der Waals surface area contributed by atoms with E-state index in [9.17, 15) is 15.2 Å². The van der Waals surface area contributed by atoms with Crippen LogP contribution in [-0.4, -0.2) is 35.8 Å². The molecule has 1 fully saturated rings. The van der Waals surface area contributed by atoms with Gasteiger partial charge in [0.15, 0.2) is 0 Å². The average Bonchev–Trinajstić information content (AvgIpc) is 2.98. The lowest BCUT2D eigenvalue weighted by molar-refractivity contribution is -0.384. The third-order valence-electron chi connectivity index (χ3n) is 3.79. The van der Waals surface area contributed by atoms with E-state index in [0.717, 1.165) is 19.6 Å². The molecule has 6 nitrogen and oxygen atoms in total. The fraction of sp³-hybridized carbons (Fsp3) is 0.571. The normalized spacial score (nSPS) is 21.6. The third kappa shape index (κ3) is 3.75. The lowest BCUT2D eigenvalue weighted by Crippen LogP contribution is -2.36. The second-order valence-electron chi connectivity index (χ2n) is 5.19. The number of rotatable bonds is 6. The van der Waals surface area contributed by atoms with Crippen LogP contribution in [0.25, 0.3) is 0 Å². The molecule has 0 spiro atoms. The van der Waals surface area contributed by atoms with Gasteiger partial charge in [-0.05, 0) is 37.0 Å². The van der Waals surface area contributed by atoms with Crippen LogP contribution >= 0.6 is 0 Å². The molecule has 1 heterocycles. The van der Waals surface area contributed by atoms with Gasteiger partial charge in [-0.3, -0.25) is 10.1 Å². The zero-order valence-electron chi connectivity index (χ0n) is 11.5. The Morgan fingerprint density at radius 3 is 2.75 bits per heavy atom. The van der Waals surface area contributed by atoms with Crippen molar-refractivity contribution in [2.75, 3.05) is 19.8 Å². The maximum Gasteiger partial charge on any atom is 0.269 e. The fourth-order valence-corrected chi connectivity index (χ4v) is 2.35. The molecule has 1 aliphatic rings. The summed E-state index contributed by atoms with van der Waals surface area (Å²) in [5.74, 6) is 0.485. The van der Waals surface area contributed by atoms with Crippen molar-refractivity contribution in [3.05, 3.63) is 39.9 Å². The molecule has 3 unspecified atom stereocenters. The quantitative estimate of drug-likeness (QED) is 0.611. The standard InChI is InChI=1S/C14H20N2O4/c1-10(12-6-7-20-9-12)15-8-14(17)11-2-4-13(5-3-11)16(18)19/h2-5,10,12,14-15,17H,6-9H2,1H3. The summed E-state index contributed by atoms with van der Waals surface area (Å²) in [7, 11) is 0. The number of nitro benzene ring substituents is 1. The molecule has 1 aliphatic heterocycles. The summed E-state index contributed by atoms with van der Waals surface area (Å²) in [6.45, 7) is 4.08. The number of nitrogens with zero attached hydrogens (tertiary/aromatic N) is 1. The topological polar surface area (TPSA) is 84.6 Å². The number of hydrogen-bond acceptors (Lipinski definition) is 5. The first kappa shape index (κ1) is 14.9. The number of non-ortho nitro benzene ring substituents is 1. The maximum absolute atomic E-state index is 10.6. The van der Waals surface area contributed by atoms with Gasteiger partial charge in [-0.2, -0.15) is 0 Å². The molecule has 0 bridgehead atoms. The molecule has 1 aromatic carbocycles. The van der Waals surface area contributed by atoms with Gasteiger partial charge in [0.25, 0.3) is 5.69 Å². The van der Waals surface area contributed by atoms with Crippen molar-refractivity contribution in [1.29, 1.82) is 0 Å². The molecule has 6 heteroatoms. The van der Waals surface area contributed by atoms with Crippen LogP contribution in [0, 0.1) is 16.0 Å². The molecule has 0 aliphatic carbocycles. The van der Waals surface area contributed by atoms with E-state index < -0.39 is 11.0 Å². The Labute approximate surface area is 117 Å². The summed E-state index contributed by atoms with van der Waals surface area (Å²) in [6.07, 6.45) is 0.377. The minimum absolute atomic E-state index is 0.0328. The molecule has 3 atom stereocenters. The van der Waals surface area contributed by atoms with Crippen LogP contribution in [0.1, 0.15) is 25.0 Å². The van der Waals surface area contributed by atoms with Crippen molar-refractivity contribution in [2.24, 2.45) is 5.92 Å². The van der Waals surface area contributed by atoms with E-state index in [2.05, 4.69) is 12.2 Å². The maximum atomic E-state index is 10.6. The van der Waals surface area contributed by atoms with Crippen LogP contribution in [0.4, 0.5) is 5.69 Å². The Morgan fingerprint density at radius 1 is 1.50 bits per heavy atom. The van der Waals surface area contributed by atoms with Gasteiger partial charge < -0.3 is 15.2 Å². The highest BCUT2D eigenvalue weighted by Gasteiger charge is 2.22. The predicted molar refractivity (Wildman–Crippen MR) is 74.4 cm³/mol.